The number of hydrogen-bond donors (Lipinski definition) is 0. The van der Waals surface area contributed by atoms with Crippen LogP contribution in [0.4, 0.5) is 0 Å². The maximum Gasteiger partial charge on any atom is 0.195 e. The summed E-state index contributed by atoms with van der Waals surface area (Å²) >= 11 is 6.54. The standard InChI is InChI=1S/C29H17ClO/c30-27-11-10-21-14-24-15-22-12-19-8-4-5-9-20(19)13-23(22)16-25(24)17-26(21)28(27)29(31)18-6-2-1-3-7-18/h1-17H. The van der Waals surface area contributed by atoms with Gasteiger partial charge in [0.05, 0.1) is 5.02 Å². The van der Waals surface area contributed by atoms with Gasteiger partial charge in [0.15, 0.2) is 5.78 Å². The lowest BCUT2D eigenvalue weighted by Crippen LogP contribution is -2.03. The first-order chi connectivity index (χ1) is 15.2. The highest BCUT2D eigenvalue weighted by molar-refractivity contribution is 6.37. The first-order valence-electron chi connectivity index (χ1n) is 10.3. The number of carbonyl (C=O) groups is 1. The molecule has 0 spiro atoms. The molecule has 0 fully saturated rings. The predicted octanol–water partition coefficient (Wildman–Crippen LogP) is 8.18. The van der Waals surface area contributed by atoms with Crippen molar-refractivity contribution < 1.29 is 4.79 Å². The zero-order valence-electron chi connectivity index (χ0n) is 16.6. The molecule has 2 heteroatoms. The Hall–Kier alpha value is -3.68. The van der Waals surface area contributed by atoms with Gasteiger partial charge in [-0.25, -0.2) is 0 Å². The summed E-state index contributed by atoms with van der Waals surface area (Å²) in [6.45, 7) is 0. The summed E-state index contributed by atoms with van der Waals surface area (Å²) in [6, 6.07) is 34.7. The number of hydrogen-bond acceptors (Lipinski definition) is 1. The largest absolute Gasteiger partial charge is 0.289 e. The van der Waals surface area contributed by atoms with Gasteiger partial charge in [-0.2, -0.15) is 0 Å². The summed E-state index contributed by atoms with van der Waals surface area (Å²) in [5, 5.41) is 9.47. The molecule has 0 amide bonds. The molecule has 0 bridgehead atoms. The van der Waals surface area contributed by atoms with Crippen LogP contribution in [-0.4, -0.2) is 5.78 Å². The van der Waals surface area contributed by atoms with Crippen LogP contribution in [0, 0.1) is 0 Å². The fraction of sp³-hybridized carbons (Fsp3) is 0. The van der Waals surface area contributed by atoms with Crippen LogP contribution in [0.3, 0.4) is 0 Å². The molecule has 6 rings (SSSR count). The van der Waals surface area contributed by atoms with Gasteiger partial charge in [-0.1, -0.05) is 72.3 Å². The van der Waals surface area contributed by atoms with E-state index in [1.54, 1.807) is 0 Å². The molecule has 0 heterocycles. The molecule has 0 radical (unpaired) electrons. The zero-order chi connectivity index (χ0) is 20.9. The molecule has 31 heavy (non-hydrogen) atoms. The molecular formula is C29H17ClO. The van der Waals surface area contributed by atoms with Crippen molar-refractivity contribution in [2.75, 3.05) is 0 Å². The van der Waals surface area contributed by atoms with Crippen molar-refractivity contribution in [2.24, 2.45) is 0 Å². The van der Waals surface area contributed by atoms with Gasteiger partial charge in [0, 0.05) is 11.1 Å². The quantitative estimate of drug-likeness (QED) is 0.205. The number of ketones is 1. The minimum Gasteiger partial charge on any atom is -0.289 e. The van der Waals surface area contributed by atoms with E-state index in [2.05, 4.69) is 60.7 Å². The molecule has 6 aromatic carbocycles. The van der Waals surface area contributed by atoms with Crippen molar-refractivity contribution in [3.63, 3.8) is 0 Å². The maximum atomic E-state index is 13.3. The minimum atomic E-state index is -0.0534. The van der Waals surface area contributed by atoms with Gasteiger partial charge in [0.2, 0.25) is 0 Å². The number of halogens is 1. The molecule has 0 aliphatic heterocycles. The Kier molecular flexibility index (Phi) is 4.05. The number of carbonyl (C=O) groups excluding carboxylic acids is 1. The lowest BCUT2D eigenvalue weighted by Gasteiger charge is -2.11. The third-order valence-corrected chi connectivity index (χ3v) is 6.32. The molecule has 0 aliphatic rings. The van der Waals surface area contributed by atoms with Gasteiger partial charge in [-0.3, -0.25) is 4.79 Å². The second-order valence-corrected chi connectivity index (χ2v) is 8.34. The number of rotatable bonds is 2. The lowest BCUT2D eigenvalue weighted by atomic mass is 9.93. The first-order valence-corrected chi connectivity index (χ1v) is 10.6. The number of benzene rings is 6. The highest BCUT2D eigenvalue weighted by atomic mass is 35.5. The van der Waals surface area contributed by atoms with Gasteiger partial charge in [0.1, 0.15) is 0 Å². The second kappa shape index (κ2) is 6.94. The van der Waals surface area contributed by atoms with Crippen LogP contribution in [0.5, 0.6) is 0 Å². The predicted molar refractivity (Wildman–Crippen MR) is 131 cm³/mol. The third-order valence-electron chi connectivity index (χ3n) is 6.01. The van der Waals surface area contributed by atoms with Crippen molar-refractivity contribution in [2.45, 2.75) is 0 Å². The Labute approximate surface area is 184 Å². The minimum absolute atomic E-state index is 0.0534. The molecular weight excluding hydrogens is 400 g/mol. The van der Waals surface area contributed by atoms with Gasteiger partial charge >= 0.3 is 0 Å². The van der Waals surface area contributed by atoms with Crippen LogP contribution in [0.2, 0.25) is 5.02 Å². The van der Waals surface area contributed by atoms with Gasteiger partial charge in [-0.05, 0) is 85.6 Å². The van der Waals surface area contributed by atoms with Gasteiger partial charge < -0.3 is 0 Å². The molecule has 0 unspecified atom stereocenters. The Morgan fingerprint density at radius 2 is 1.03 bits per heavy atom. The summed E-state index contributed by atoms with van der Waals surface area (Å²) in [5.41, 5.74) is 1.20. The SMILES string of the molecule is O=C(c1ccccc1)c1c(Cl)ccc2cc3cc4cc5ccccc5cc4cc3cc12. The first kappa shape index (κ1) is 18.1. The molecule has 6 aromatic rings. The second-order valence-electron chi connectivity index (χ2n) is 7.94. The van der Waals surface area contributed by atoms with Crippen LogP contribution in [0.1, 0.15) is 15.9 Å². The molecule has 0 aromatic heterocycles. The normalized spacial score (nSPS) is 11.5. The van der Waals surface area contributed by atoms with Crippen molar-refractivity contribution >= 4 is 60.5 Å². The summed E-state index contributed by atoms with van der Waals surface area (Å²) in [4.78, 5) is 13.3. The summed E-state index contributed by atoms with van der Waals surface area (Å²) in [6.07, 6.45) is 0. The van der Waals surface area contributed by atoms with Crippen molar-refractivity contribution in [3.8, 4) is 0 Å². The molecule has 0 saturated carbocycles. The van der Waals surface area contributed by atoms with E-state index in [4.69, 9.17) is 11.6 Å². The van der Waals surface area contributed by atoms with Crippen LogP contribution < -0.4 is 0 Å². The van der Waals surface area contributed by atoms with Crippen LogP contribution in [-0.2, 0) is 0 Å². The molecule has 0 aliphatic carbocycles. The lowest BCUT2D eigenvalue weighted by molar-refractivity contribution is 0.104. The van der Waals surface area contributed by atoms with E-state index in [-0.39, 0.29) is 5.78 Å². The highest BCUT2D eigenvalue weighted by Gasteiger charge is 2.17. The zero-order valence-corrected chi connectivity index (χ0v) is 17.4. The smallest absolute Gasteiger partial charge is 0.195 e. The average Bonchev–Trinajstić information content (AvgIpc) is 2.80. The Morgan fingerprint density at radius 3 is 1.68 bits per heavy atom. The van der Waals surface area contributed by atoms with E-state index >= 15 is 0 Å². The van der Waals surface area contributed by atoms with Crippen molar-refractivity contribution in [1.29, 1.82) is 0 Å². The fourth-order valence-electron chi connectivity index (χ4n) is 4.46. The van der Waals surface area contributed by atoms with E-state index in [1.807, 2.05) is 42.5 Å². The van der Waals surface area contributed by atoms with Crippen LogP contribution >= 0.6 is 11.6 Å². The van der Waals surface area contributed by atoms with Crippen molar-refractivity contribution in [3.05, 3.63) is 119 Å². The van der Waals surface area contributed by atoms with Crippen molar-refractivity contribution in [1.82, 2.24) is 0 Å². The maximum absolute atomic E-state index is 13.3. The summed E-state index contributed by atoms with van der Waals surface area (Å²) in [7, 11) is 0. The monoisotopic (exact) mass is 416 g/mol. The van der Waals surface area contributed by atoms with E-state index in [9.17, 15) is 4.79 Å². The Morgan fingerprint density at radius 1 is 0.516 bits per heavy atom. The summed E-state index contributed by atoms with van der Waals surface area (Å²) in [5.74, 6) is -0.0534. The topological polar surface area (TPSA) is 17.1 Å². The molecule has 0 N–H and O–H groups in total. The highest BCUT2D eigenvalue weighted by Crippen LogP contribution is 2.34. The van der Waals surface area contributed by atoms with Gasteiger partial charge in [-0.15, -0.1) is 0 Å². The molecule has 146 valence electrons. The summed E-state index contributed by atoms with van der Waals surface area (Å²) < 4.78 is 0. The molecule has 0 saturated heterocycles. The number of fused-ring (bicyclic) bond motifs is 4. The van der Waals surface area contributed by atoms with E-state index in [0.29, 0.717) is 16.1 Å². The average molecular weight is 417 g/mol. The van der Waals surface area contributed by atoms with E-state index in [1.165, 1.54) is 21.5 Å². The van der Waals surface area contributed by atoms with Crippen LogP contribution in [0.25, 0.3) is 43.1 Å². The Bertz CT molecular complexity index is 1650. The van der Waals surface area contributed by atoms with Crippen LogP contribution in [0.15, 0.2) is 103 Å². The van der Waals surface area contributed by atoms with E-state index < -0.39 is 0 Å². The van der Waals surface area contributed by atoms with Gasteiger partial charge in [0.25, 0.3) is 0 Å². The van der Waals surface area contributed by atoms with E-state index in [0.717, 1.165) is 21.5 Å². The fourth-order valence-corrected chi connectivity index (χ4v) is 4.71. The third kappa shape index (κ3) is 2.98. The molecule has 0 atom stereocenters. The Balaban J connectivity index is 1.64. The molecule has 1 nitrogen and oxygen atoms in total.